The number of halogens is 4. The molecule has 1 fully saturated rings. The van der Waals surface area contributed by atoms with Gasteiger partial charge in [0, 0.05) is 35.9 Å². The molecule has 1 aliphatic rings. The molecule has 0 radical (unpaired) electrons. The summed E-state index contributed by atoms with van der Waals surface area (Å²) in [5.41, 5.74) is 1.79. The third kappa shape index (κ3) is 5.64. The van der Waals surface area contributed by atoms with E-state index < -0.39 is 23.3 Å². The number of benzene rings is 3. The number of fused-ring (bicyclic) bond motifs is 1. The maximum Gasteiger partial charge on any atom is 0.251 e. The van der Waals surface area contributed by atoms with Gasteiger partial charge in [-0.25, -0.2) is 27.5 Å². The third-order valence-corrected chi connectivity index (χ3v) is 7.77. The van der Waals surface area contributed by atoms with Gasteiger partial charge in [0.2, 0.25) is 0 Å². The van der Waals surface area contributed by atoms with Crippen LogP contribution in [0, 0.1) is 51.3 Å². The van der Waals surface area contributed by atoms with Crippen LogP contribution in [0.5, 0.6) is 5.88 Å². The summed E-state index contributed by atoms with van der Waals surface area (Å²) in [7, 11) is 0. The lowest BCUT2D eigenvalue weighted by Crippen LogP contribution is -2.14. The standard InChI is InChI=1S/C33H23F4N5O/c34-24-2-1-3-29-31(24)41-30(42(29)19-33(10-11-33)12-13-38)16-21-6-7-22(15-27(21)37)28-9-8-25(35)32(40-28)43-18-23-5-4-20(17-39)14-26(23)36/h1-9,14-15H,10-12,16,18-19H2. The van der Waals surface area contributed by atoms with E-state index in [-0.39, 0.29) is 46.7 Å². The Kier molecular flexibility index (Phi) is 7.29. The van der Waals surface area contributed by atoms with E-state index >= 15 is 4.39 Å². The van der Waals surface area contributed by atoms with Gasteiger partial charge in [0.05, 0.1) is 28.9 Å². The van der Waals surface area contributed by atoms with Gasteiger partial charge in [0.15, 0.2) is 11.6 Å². The van der Waals surface area contributed by atoms with E-state index in [0.717, 1.165) is 25.0 Å². The molecule has 214 valence electrons. The van der Waals surface area contributed by atoms with Crippen molar-refractivity contribution < 1.29 is 22.3 Å². The summed E-state index contributed by atoms with van der Waals surface area (Å²) in [6, 6.07) is 19.6. The zero-order valence-corrected chi connectivity index (χ0v) is 22.7. The van der Waals surface area contributed by atoms with Gasteiger partial charge in [-0.15, -0.1) is 0 Å². The molecule has 0 bridgehead atoms. The van der Waals surface area contributed by atoms with Crippen molar-refractivity contribution in [1.29, 1.82) is 10.5 Å². The van der Waals surface area contributed by atoms with Crippen molar-refractivity contribution in [3.05, 3.63) is 113 Å². The minimum absolute atomic E-state index is 0.0875. The van der Waals surface area contributed by atoms with Crippen LogP contribution in [-0.4, -0.2) is 14.5 Å². The fourth-order valence-corrected chi connectivity index (χ4v) is 5.13. The van der Waals surface area contributed by atoms with E-state index in [1.807, 2.05) is 10.6 Å². The van der Waals surface area contributed by atoms with E-state index in [2.05, 4.69) is 16.0 Å². The molecule has 3 aromatic carbocycles. The Morgan fingerprint density at radius 1 is 0.837 bits per heavy atom. The fraction of sp³-hybridized carbons (Fsp3) is 0.212. The number of rotatable bonds is 9. The van der Waals surface area contributed by atoms with Crippen LogP contribution in [0.4, 0.5) is 17.6 Å². The highest BCUT2D eigenvalue weighted by atomic mass is 19.1. The smallest absolute Gasteiger partial charge is 0.251 e. The molecular formula is C33H23F4N5O. The Hall–Kier alpha value is -5.22. The van der Waals surface area contributed by atoms with Crippen LogP contribution in [0.25, 0.3) is 22.3 Å². The van der Waals surface area contributed by atoms with Crippen LogP contribution in [-0.2, 0) is 19.6 Å². The molecule has 0 amide bonds. The van der Waals surface area contributed by atoms with E-state index in [0.29, 0.717) is 35.4 Å². The van der Waals surface area contributed by atoms with Crippen LogP contribution in [0.2, 0.25) is 0 Å². The molecule has 5 aromatic rings. The molecule has 10 heteroatoms. The first-order valence-corrected chi connectivity index (χ1v) is 13.6. The van der Waals surface area contributed by atoms with Crippen LogP contribution in [0.15, 0.2) is 66.7 Å². The Morgan fingerprint density at radius 2 is 1.63 bits per heavy atom. The number of hydrogen-bond donors (Lipinski definition) is 0. The maximum atomic E-state index is 15.5. The number of para-hydroxylation sites is 1. The summed E-state index contributed by atoms with van der Waals surface area (Å²) >= 11 is 0. The highest BCUT2D eigenvalue weighted by Crippen LogP contribution is 2.50. The normalized spacial score (nSPS) is 13.4. The fourth-order valence-electron chi connectivity index (χ4n) is 5.13. The lowest BCUT2D eigenvalue weighted by molar-refractivity contribution is 0.272. The molecule has 0 N–H and O–H groups in total. The van der Waals surface area contributed by atoms with Crippen LogP contribution in [0.1, 0.15) is 41.8 Å². The van der Waals surface area contributed by atoms with Crippen LogP contribution < -0.4 is 4.74 Å². The molecule has 2 aromatic heterocycles. The highest BCUT2D eigenvalue weighted by molar-refractivity contribution is 5.77. The SMILES string of the molecule is N#CCC1(Cn2c(Cc3ccc(-c4ccc(F)c(OCc5ccc(C#N)cc5F)n4)cc3F)nc3c(F)cccc32)CC1. The van der Waals surface area contributed by atoms with Gasteiger partial charge >= 0.3 is 0 Å². The van der Waals surface area contributed by atoms with E-state index in [1.165, 1.54) is 30.3 Å². The van der Waals surface area contributed by atoms with E-state index in [9.17, 15) is 18.4 Å². The molecule has 0 atom stereocenters. The van der Waals surface area contributed by atoms with Gasteiger partial charge in [-0.2, -0.15) is 10.5 Å². The van der Waals surface area contributed by atoms with Gasteiger partial charge in [-0.3, -0.25) is 0 Å². The number of imidazole rings is 1. The summed E-state index contributed by atoms with van der Waals surface area (Å²) in [6.45, 7) is 0.166. The Labute approximate surface area is 244 Å². The Bertz CT molecular complexity index is 1950. The minimum atomic E-state index is -0.772. The first kappa shape index (κ1) is 27.9. The van der Waals surface area contributed by atoms with Crippen molar-refractivity contribution in [2.75, 3.05) is 0 Å². The third-order valence-electron chi connectivity index (χ3n) is 7.77. The second kappa shape index (κ2) is 11.2. The van der Waals surface area contributed by atoms with Gasteiger partial charge in [0.25, 0.3) is 5.88 Å². The molecule has 43 heavy (non-hydrogen) atoms. The molecule has 1 aliphatic carbocycles. The molecule has 6 rings (SSSR count). The van der Waals surface area contributed by atoms with Gasteiger partial charge in [0.1, 0.15) is 29.6 Å². The van der Waals surface area contributed by atoms with Crippen molar-refractivity contribution in [3.63, 3.8) is 0 Å². The summed E-state index contributed by atoms with van der Waals surface area (Å²) in [5.74, 6) is -2.36. The molecule has 0 saturated heterocycles. The molecule has 6 nitrogen and oxygen atoms in total. The molecule has 0 aliphatic heterocycles. The summed E-state index contributed by atoms with van der Waals surface area (Å²) in [4.78, 5) is 8.68. The minimum Gasteiger partial charge on any atom is -0.471 e. The van der Waals surface area contributed by atoms with Crippen molar-refractivity contribution in [3.8, 4) is 29.3 Å². The van der Waals surface area contributed by atoms with Crippen LogP contribution in [0.3, 0.4) is 0 Å². The highest BCUT2D eigenvalue weighted by Gasteiger charge is 2.43. The molecule has 0 spiro atoms. The summed E-state index contributed by atoms with van der Waals surface area (Å²) in [6.07, 6.45) is 2.24. The largest absolute Gasteiger partial charge is 0.471 e. The molecule has 0 unspecified atom stereocenters. The monoisotopic (exact) mass is 581 g/mol. The quantitative estimate of drug-likeness (QED) is 0.169. The maximum absolute atomic E-state index is 15.5. The van der Waals surface area contributed by atoms with E-state index in [4.69, 9.17) is 10.00 Å². The number of hydrogen-bond acceptors (Lipinski definition) is 5. The first-order chi connectivity index (χ1) is 20.8. The topological polar surface area (TPSA) is 87.5 Å². The lowest BCUT2D eigenvalue weighted by atomic mass is 10.0. The van der Waals surface area contributed by atoms with Gasteiger partial charge in [-0.1, -0.05) is 24.3 Å². The molecular weight excluding hydrogens is 558 g/mol. The zero-order chi connectivity index (χ0) is 30.1. The first-order valence-electron chi connectivity index (χ1n) is 13.6. The predicted octanol–water partition coefficient (Wildman–Crippen LogP) is 7.39. The second-order valence-electron chi connectivity index (χ2n) is 10.7. The van der Waals surface area contributed by atoms with E-state index in [1.54, 1.807) is 24.3 Å². The van der Waals surface area contributed by atoms with Gasteiger partial charge < -0.3 is 9.30 Å². The zero-order valence-electron chi connectivity index (χ0n) is 22.7. The number of nitriles is 2. The molecule has 1 saturated carbocycles. The predicted molar refractivity (Wildman–Crippen MR) is 149 cm³/mol. The number of nitrogens with zero attached hydrogens (tertiary/aromatic N) is 5. The van der Waals surface area contributed by atoms with Crippen molar-refractivity contribution in [2.45, 2.75) is 38.8 Å². The second-order valence-corrected chi connectivity index (χ2v) is 10.7. The average Bonchev–Trinajstić information content (AvgIpc) is 3.67. The summed E-state index contributed by atoms with van der Waals surface area (Å²) in [5, 5.41) is 18.2. The molecule has 2 heterocycles. The number of aromatic nitrogens is 3. The summed E-state index contributed by atoms with van der Waals surface area (Å²) < 4.78 is 66.1. The van der Waals surface area contributed by atoms with Crippen LogP contribution >= 0.6 is 0 Å². The van der Waals surface area contributed by atoms with Gasteiger partial charge in [-0.05, 0) is 60.9 Å². The average molecular weight is 582 g/mol. The Morgan fingerprint density at radius 3 is 2.35 bits per heavy atom. The number of ether oxygens (including phenoxy) is 1. The Balaban J connectivity index is 1.25. The van der Waals surface area contributed by atoms with Crippen molar-refractivity contribution >= 4 is 11.0 Å². The van der Waals surface area contributed by atoms with Crippen molar-refractivity contribution in [2.24, 2.45) is 5.41 Å². The van der Waals surface area contributed by atoms with Crippen molar-refractivity contribution in [1.82, 2.24) is 14.5 Å². The lowest BCUT2D eigenvalue weighted by Gasteiger charge is -2.16. The number of pyridine rings is 1.